The molecule has 2 saturated carbocycles. The molecular formula is C28H43F2N3O4. The van der Waals surface area contributed by atoms with Crippen LogP contribution in [0.3, 0.4) is 0 Å². The number of nitrogens with two attached hydrogens (primary N) is 1. The molecule has 2 aliphatic carbocycles. The van der Waals surface area contributed by atoms with Crippen molar-refractivity contribution in [3.8, 4) is 5.88 Å². The van der Waals surface area contributed by atoms with E-state index in [0.29, 0.717) is 29.2 Å². The number of rotatable bonds is 14. The molecule has 3 N–H and O–H groups in total. The maximum Gasteiger partial charge on any atom is 0.326 e. The zero-order valence-corrected chi connectivity index (χ0v) is 22.1. The van der Waals surface area contributed by atoms with Gasteiger partial charge in [0.15, 0.2) is 0 Å². The Kier molecular flexibility index (Phi) is 11.1. The lowest BCUT2D eigenvalue weighted by Gasteiger charge is -2.21. The highest BCUT2D eigenvalue weighted by atomic mass is 19.3. The third kappa shape index (κ3) is 9.51. The van der Waals surface area contributed by atoms with Gasteiger partial charge in [0.1, 0.15) is 11.7 Å². The van der Waals surface area contributed by atoms with E-state index >= 15 is 0 Å². The molecule has 4 rings (SSSR count). The minimum absolute atomic E-state index is 0.0517. The van der Waals surface area contributed by atoms with Crippen LogP contribution in [-0.2, 0) is 4.79 Å². The first kappa shape index (κ1) is 29.3. The summed E-state index contributed by atoms with van der Waals surface area (Å²) < 4.78 is 33.1. The van der Waals surface area contributed by atoms with Crippen LogP contribution in [0.5, 0.6) is 5.88 Å². The lowest BCUT2D eigenvalue weighted by atomic mass is 10.1. The van der Waals surface area contributed by atoms with Gasteiger partial charge in [0.05, 0.1) is 13.2 Å². The van der Waals surface area contributed by atoms with Gasteiger partial charge in [-0.1, -0.05) is 57.9 Å². The Morgan fingerprint density at radius 1 is 1.08 bits per heavy atom. The standard InChI is InChI=1S/C18H20F2N2O4.C10H23N/c19-18(20)7-14(17(24)25)22(9-18)16(23)13-6-5-12(11-3-4-11)15(21-13)26-8-10-1-2-10;1-2-3-4-5-6-7-8-9-10-11/h5-6,10-11,14H,1-4,7-9H2,(H,24,25);2-11H2,1H3/t14-;/m0./s1. The normalized spacial score (nSPS) is 20.3. The van der Waals surface area contributed by atoms with E-state index in [9.17, 15) is 23.5 Å². The average Bonchev–Trinajstić information content (AvgIpc) is 3.79. The molecule has 1 atom stereocenters. The summed E-state index contributed by atoms with van der Waals surface area (Å²) in [6.07, 6.45) is 14.4. The summed E-state index contributed by atoms with van der Waals surface area (Å²) in [5.74, 6) is -4.19. The Morgan fingerprint density at radius 2 is 1.73 bits per heavy atom. The molecule has 1 aromatic heterocycles. The van der Waals surface area contributed by atoms with E-state index in [0.717, 1.165) is 37.8 Å². The summed E-state index contributed by atoms with van der Waals surface area (Å²) in [7, 11) is 0. The summed E-state index contributed by atoms with van der Waals surface area (Å²) in [4.78, 5) is 28.9. The minimum Gasteiger partial charge on any atom is -0.480 e. The second-order valence-electron chi connectivity index (χ2n) is 10.7. The van der Waals surface area contributed by atoms with Gasteiger partial charge in [-0.3, -0.25) is 4.79 Å². The van der Waals surface area contributed by atoms with Crippen LogP contribution in [0.25, 0.3) is 0 Å². The van der Waals surface area contributed by atoms with Crippen molar-refractivity contribution in [3.05, 3.63) is 23.4 Å². The number of carbonyl (C=O) groups is 2. The predicted molar refractivity (Wildman–Crippen MR) is 138 cm³/mol. The summed E-state index contributed by atoms with van der Waals surface area (Å²) in [6, 6.07) is 1.69. The molecule has 0 unspecified atom stereocenters. The number of hydrogen-bond acceptors (Lipinski definition) is 5. The number of alkyl halides is 2. The summed E-state index contributed by atoms with van der Waals surface area (Å²) in [6.45, 7) is 2.75. The number of unbranched alkanes of at least 4 members (excludes halogenated alkanes) is 7. The Balaban J connectivity index is 0.000000295. The number of carboxylic acids is 1. The topological polar surface area (TPSA) is 106 Å². The molecule has 3 aliphatic rings. The molecule has 1 amide bonds. The largest absolute Gasteiger partial charge is 0.480 e. The number of likely N-dealkylation sites (tertiary alicyclic amines) is 1. The zero-order chi connectivity index (χ0) is 26.8. The Labute approximate surface area is 219 Å². The number of aliphatic carboxylic acids is 1. The number of hydrogen-bond donors (Lipinski definition) is 2. The molecule has 1 aliphatic heterocycles. The molecule has 1 saturated heterocycles. The van der Waals surface area contributed by atoms with Gasteiger partial charge in [-0.05, 0) is 56.6 Å². The lowest BCUT2D eigenvalue weighted by Crippen LogP contribution is -2.41. The van der Waals surface area contributed by atoms with Gasteiger partial charge in [-0.25, -0.2) is 18.6 Å². The molecule has 7 nitrogen and oxygen atoms in total. The third-order valence-electron chi connectivity index (χ3n) is 7.15. The van der Waals surface area contributed by atoms with Crippen molar-refractivity contribution < 1.29 is 28.2 Å². The van der Waals surface area contributed by atoms with Crippen molar-refractivity contribution >= 4 is 11.9 Å². The van der Waals surface area contributed by atoms with Crippen molar-refractivity contribution in [2.24, 2.45) is 11.7 Å². The van der Waals surface area contributed by atoms with Crippen molar-refractivity contribution in [3.63, 3.8) is 0 Å². The van der Waals surface area contributed by atoms with Gasteiger partial charge in [0.2, 0.25) is 5.88 Å². The fraction of sp³-hybridized carbons (Fsp3) is 0.750. The highest BCUT2D eigenvalue weighted by molar-refractivity contribution is 5.95. The molecular weight excluding hydrogens is 480 g/mol. The summed E-state index contributed by atoms with van der Waals surface area (Å²) in [5, 5.41) is 9.17. The van der Waals surface area contributed by atoms with Gasteiger partial charge in [-0.2, -0.15) is 0 Å². The van der Waals surface area contributed by atoms with Gasteiger partial charge < -0.3 is 20.5 Å². The monoisotopic (exact) mass is 523 g/mol. The van der Waals surface area contributed by atoms with E-state index in [1.54, 1.807) is 6.07 Å². The number of amides is 1. The molecule has 0 bridgehead atoms. The van der Waals surface area contributed by atoms with Crippen molar-refractivity contribution in [2.45, 2.75) is 108 Å². The summed E-state index contributed by atoms with van der Waals surface area (Å²) >= 11 is 0. The molecule has 9 heteroatoms. The van der Waals surface area contributed by atoms with Crippen LogP contribution >= 0.6 is 0 Å². The molecule has 0 radical (unpaired) electrons. The molecule has 37 heavy (non-hydrogen) atoms. The Bertz CT molecular complexity index is 882. The van der Waals surface area contributed by atoms with E-state index in [-0.39, 0.29) is 5.69 Å². The van der Waals surface area contributed by atoms with Crippen molar-refractivity contribution in [1.29, 1.82) is 0 Å². The number of ether oxygens (including phenoxy) is 1. The van der Waals surface area contributed by atoms with Crippen LogP contribution < -0.4 is 10.5 Å². The van der Waals surface area contributed by atoms with E-state index in [4.69, 9.17) is 10.5 Å². The smallest absolute Gasteiger partial charge is 0.326 e. The number of carbonyl (C=O) groups excluding carboxylic acids is 1. The Morgan fingerprint density at radius 3 is 2.30 bits per heavy atom. The van der Waals surface area contributed by atoms with Crippen LogP contribution in [0.1, 0.15) is 112 Å². The van der Waals surface area contributed by atoms with Crippen LogP contribution in [0.2, 0.25) is 0 Å². The molecule has 0 spiro atoms. The first-order chi connectivity index (χ1) is 17.8. The SMILES string of the molecule is CCCCCCCCCCN.O=C(O)[C@@H]1CC(F)(F)CN1C(=O)c1ccc(C2CC2)c(OCC2CC2)n1. The average molecular weight is 524 g/mol. The fourth-order valence-corrected chi connectivity index (χ4v) is 4.55. The van der Waals surface area contributed by atoms with Gasteiger partial charge in [0, 0.05) is 12.0 Å². The maximum atomic E-state index is 13.7. The third-order valence-corrected chi connectivity index (χ3v) is 7.15. The van der Waals surface area contributed by atoms with Gasteiger partial charge >= 0.3 is 5.97 Å². The van der Waals surface area contributed by atoms with E-state index < -0.39 is 36.8 Å². The van der Waals surface area contributed by atoms with E-state index in [1.165, 1.54) is 57.4 Å². The molecule has 1 aromatic rings. The number of pyridine rings is 1. The highest BCUT2D eigenvalue weighted by Gasteiger charge is 2.50. The Hall–Kier alpha value is -2.29. The molecule has 0 aromatic carbocycles. The first-order valence-electron chi connectivity index (χ1n) is 14.0. The lowest BCUT2D eigenvalue weighted by molar-refractivity contribution is -0.141. The highest BCUT2D eigenvalue weighted by Crippen LogP contribution is 2.44. The van der Waals surface area contributed by atoms with Crippen LogP contribution in [-0.4, -0.2) is 58.5 Å². The second kappa shape index (κ2) is 14.0. The van der Waals surface area contributed by atoms with Crippen LogP contribution in [0, 0.1) is 5.92 Å². The predicted octanol–water partition coefficient (Wildman–Crippen LogP) is 5.77. The second-order valence-corrected chi connectivity index (χ2v) is 10.7. The first-order valence-corrected chi connectivity index (χ1v) is 14.0. The number of aromatic nitrogens is 1. The van der Waals surface area contributed by atoms with Crippen LogP contribution in [0.15, 0.2) is 12.1 Å². The van der Waals surface area contributed by atoms with E-state index in [2.05, 4.69) is 11.9 Å². The zero-order valence-electron chi connectivity index (χ0n) is 22.1. The quantitative estimate of drug-likeness (QED) is 0.300. The van der Waals surface area contributed by atoms with Crippen LogP contribution in [0.4, 0.5) is 8.78 Å². The minimum atomic E-state index is -3.21. The number of carboxylic acid groups (broad SMARTS) is 1. The number of halogens is 2. The van der Waals surface area contributed by atoms with Gasteiger partial charge in [0.25, 0.3) is 11.8 Å². The number of nitrogens with zero attached hydrogens (tertiary/aromatic N) is 2. The molecule has 3 fully saturated rings. The van der Waals surface area contributed by atoms with Crippen molar-refractivity contribution in [2.75, 3.05) is 19.7 Å². The fourth-order valence-electron chi connectivity index (χ4n) is 4.55. The molecule has 2 heterocycles. The maximum absolute atomic E-state index is 13.7. The van der Waals surface area contributed by atoms with E-state index in [1.807, 2.05) is 0 Å². The molecule has 208 valence electrons. The van der Waals surface area contributed by atoms with Crippen molar-refractivity contribution in [1.82, 2.24) is 9.88 Å². The van der Waals surface area contributed by atoms with Gasteiger partial charge in [-0.15, -0.1) is 0 Å². The summed E-state index contributed by atoms with van der Waals surface area (Å²) in [5.41, 5.74) is 6.27.